The van der Waals surface area contributed by atoms with E-state index in [1.165, 1.54) is 36.9 Å². The van der Waals surface area contributed by atoms with E-state index in [-0.39, 0.29) is 0 Å². The molecule has 0 amide bonds. The number of thiophene rings is 1. The average Bonchev–Trinajstić information content (AvgIpc) is 2.59. The van der Waals surface area contributed by atoms with E-state index in [1.807, 2.05) is 11.3 Å². The fraction of sp³-hybridized carbons (Fsp3) is 0.667. The molecule has 0 saturated heterocycles. The van der Waals surface area contributed by atoms with Gasteiger partial charge in [-0.25, -0.2) is 0 Å². The van der Waals surface area contributed by atoms with Crippen molar-refractivity contribution in [1.82, 2.24) is 0 Å². The van der Waals surface area contributed by atoms with Crippen molar-refractivity contribution in [3.05, 3.63) is 17.0 Å². The Morgan fingerprint density at radius 1 is 1.43 bits per heavy atom. The molecule has 0 N–H and O–H groups in total. The van der Waals surface area contributed by atoms with Gasteiger partial charge in [-0.05, 0) is 34.1 Å². The lowest BCUT2D eigenvalue weighted by molar-refractivity contribution is 0.450. The molecule has 1 unspecified atom stereocenters. The third-order valence-corrected chi connectivity index (χ3v) is 3.91. The van der Waals surface area contributed by atoms with E-state index >= 15 is 0 Å². The molecule has 14 heavy (non-hydrogen) atoms. The lowest BCUT2D eigenvalue weighted by atomic mass is 9.89. The van der Waals surface area contributed by atoms with E-state index in [2.05, 4.69) is 33.1 Å². The SMILES string of the molecule is Bc1sccc1CC(CC)CCCC. The highest BCUT2D eigenvalue weighted by Crippen LogP contribution is 2.18. The number of hydrogen-bond donors (Lipinski definition) is 0. The molecule has 78 valence electrons. The fourth-order valence-corrected chi connectivity index (χ4v) is 2.62. The van der Waals surface area contributed by atoms with Crippen molar-refractivity contribution in [2.45, 2.75) is 46.0 Å². The maximum absolute atomic E-state index is 2.32. The van der Waals surface area contributed by atoms with Crippen LogP contribution < -0.4 is 4.78 Å². The molecule has 0 fully saturated rings. The van der Waals surface area contributed by atoms with Gasteiger partial charge in [0, 0.05) is 0 Å². The summed E-state index contributed by atoms with van der Waals surface area (Å²) >= 11 is 1.88. The summed E-state index contributed by atoms with van der Waals surface area (Å²) in [6.07, 6.45) is 6.75. The molecule has 1 aromatic heterocycles. The number of rotatable bonds is 6. The summed E-state index contributed by atoms with van der Waals surface area (Å²) in [4.78, 5) is 0. The molecule has 0 radical (unpaired) electrons. The van der Waals surface area contributed by atoms with Gasteiger partial charge in [-0.2, -0.15) is 11.3 Å². The molecule has 0 aromatic carbocycles. The van der Waals surface area contributed by atoms with E-state index < -0.39 is 0 Å². The van der Waals surface area contributed by atoms with Crippen molar-refractivity contribution in [2.75, 3.05) is 0 Å². The van der Waals surface area contributed by atoms with Gasteiger partial charge in [-0.15, -0.1) is 0 Å². The molecule has 1 heterocycles. The summed E-state index contributed by atoms with van der Waals surface area (Å²) in [7, 11) is 2.24. The number of unbranched alkanes of at least 4 members (excludes halogenated alkanes) is 1. The first-order valence-electron chi connectivity index (χ1n) is 5.80. The van der Waals surface area contributed by atoms with Crippen molar-refractivity contribution in [1.29, 1.82) is 0 Å². The van der Waals surface area contributed by atoms with Crippen molar-refractivity contribution >= 4 is 24.0 Å². The zero-order chi connectivity index (χ0) is 10.4. The summed E-state index contributed by atoms with van der Waals surface area (Å²) in [5.74, 6) is 0.906. The van der Waals surface area contributed by atoms with E-state index in [1.54, 1.807) is 5.56 Å². The van der Waals surface area contributed by atoms with Gasteiger partial charge in [0.15, 0.2) is 7.85 Å². The average molecular weight is 208 g/mol. The van der Waals surface area contributed by atoms with Crippen LogP contribution in [0.1, 0.15) is 45.1 Å². The van der Waals surface area contributed by atoms with Gasteiger partial charge in [-0.1, -0.05) is 39.5 Å². The molecule has 0 aliphatic rings. The summed E-state index contributed by atoms with van der Waals surface area (Å²) in [6.45, 7) is 4.60. The first-order valence-corrected chi connectivity index (χ1v) is 6.68. The van der Waals surface area contributed by atoms with Crippen LogP contribution in [-0.2, 0) is 6.42 Å². The van der Waals surface area contributed by atoms with Gasteiger partial charge in [0.05, 0.1) is 0 Å². The van der Waals surface area contributed by atoms with E-state index in [9.17, 15) is 0 Å². The van der Waals surface area contributed by atoms with Gasteiger partial charge in [0.2, 0.25) is 0 Å². The molecule has 0 bridgehead atoms. The van der Waals surface area contributed by atoms with Gasteiger partial charge in [0.25, 0.3) is 0 Å². The second kappa shape index (κ2) is 6.29. The molecule has 1 atom stereocenters. The molecule has 0 aliphatic heterocycles. The Hall–Kier alpha value is -0.235. The van der Waals surface area contributed by atoms with Crippen LogP contribution in [0.2, 0.25) is 0 Å². The number of hydrogen-bond acceptors (Lipinski definition) is 1. The first-order chi connectivity index (χ1) is 6.77. The summed E-state index contributed by atoms with van der Waals surface area (Å²) in [6, 6.07) is 2.30. The molecular weight excluding hydrogens is 187 g/mol. The quantitative estimate of drug-likeness (QED) is 0.630. The zero-order valence-corrected chi connectivity index (χ0v) is 10.5. The smallest absolute Gasteiger partial charge is 0.152 e. The maximum atomic E-state index is 2.32. The Kier molecular flexibility index (Phi) is 5.32. The molecular formula is C12H21BS. The molecule has 0 saturated carbocycles. The van der Waals surface area contributed by atoms with Crippen LogP contribution in [0, 0.1) is 5.92 Å². The topological polar surface area (TPSA) is 0 Å². The van der Waals surface area contributed by atoms with E-state index in [0.717, 1.165) is 5.92 Å². The Labute approximate surface area is 93.1 Å². The monoisotopic (exact) mass is 208 g/mol. The van der Waals surface area contributed by atoms with Crippen LogP contribution in [0.15, 0.2) is 11.4 Å². The highest BCUT2D eigenvalue weighted by atomic mass is 32.1. The third kappa shape index (κ3) is 3.49. The van der Waals surface area contributed by atoms with Crippen molar-refractivity contribution < 1.29 is 0 Å². The van der Waals surface area contributed by atoms with Gasteiger partial charge in [-0.3, -0.25) is 0 Å². The predicted molar refractivity (Wildman–Crippen MR) is 69.5 cm³/mol. The van der Waals surface area contributed by atoms with Crippen LogP contribution in [0.3, 0.4) is 0 Å². The van der Waals surface area contributed by atoms with Crippen molar-refractivity contribution in [3.63, 3.8) is 0 Å². The Bertz CT molecular complexity index is 255. The standard InChI is InChI=1S/C12H21BS/c1-3-5-6-10(4-2)9-11-7-8-14-12(11)13/h7-8,10H,3-6,9,13H2,1-2H3. The molecule has 0 nitrogen and oxygen atoms in total. The lowest BCUT2D eigenvalue weighted by Crippen LogP contribution is -2.10. The first kappa shape index (κ1) is 11.8. The minimum Gasteiger partial charge on any atom is -0.159 e. The van der Waals surface area contributed by atoms with Crippen molar-refractivity contribution in [3.8, 4) is 0 Å². The third-order valence-electron chi connectivity index (χ3n) is 3.02. The molecule has 2 heteroatoms. The zero-order valence-electron chi connectivity index (χ0n) is 9.68. The Morgan fingerprint density at radius 2 is 2.21 bits per heavy atom. The van der Waals surface area contributed by atoms with Gasteiger partial charge >= 0.3 is 0 Å². The highest BCUT2D eigenvalue weighted by Gasteiger charge is 2.08. The lowest BCUT2D eigenvalue weighted by Gasteiger charge is -2.13. The normalized spacial score (nSPS) is 13.0. The van der Waals surface area contributed by atoms with Crippen LogP contribution in [0.25, 0.3) is 0 Å². The highest BCUT2D eigenvalue weighted by molar-refractivity contribution is 7.18. The Morgan fingerprint density at radius 3 is 2.71 bits per heavy atom. The Balaban J connectivity index is 2.44. The van der Waals surface area contributed by atoms with E-state index in [0.29, 0.717) is 0 Å². The second-order valence-electron chi connectivity index (χ2n) is 4.12. The molecule has 0 spiro atoms. The van der Waals surface area contributed by atoms with Gasteiger partial charge in [0.1, 0.15) is 0 Å². The minimum atomic E-state index is 0.906. The van der Waals surface area contributed by atoms with E-state index in [4.69, 9.17) is 0 Å². The fourth-order valence-electron chi connectivity index (χ4n) is 1.88. The van der Waals surface area contributed by atoms with Crippen molar-refractivity contribution in [2.24, 2.45) is 5.92 Å². The minimum absolute atomic E-state index is 0.906. The molecule has 1 rings (SSSR count). The summed E-state index contributed by atoms with van der Waals surface area (Å²) < 4.78 is 1.51. The maximum Gasteiger partial charge on any atom is 0.152 e. The summed E-state index contributed by atoms with van der Waals surface area (Å²) in [5.41, 5.74) is 1.58. The molecule has 1 aromatic rings. The van der Waals surface area contributed by atoms with Gasteiger partial charge < -0.3 is 0 Å². The van der Waals surface area contributed by atoms with Crippen LogP contribution in [-0.4, -0.2) is 7.85 Å². The second-order valence-corrected chi connectivity index (χ2v) is 5.24. The van der Waals surface area contributed by atoms with Crippen LogP contribution in [0.4, 0.5) is 0 Å². The predicted octanol–water partition coefficient (Wildman–Crippen LogP) is 2.77. The molecule has 0 aliphatic carbocycles. The van der Waals surface area contributed by atoms with Crippen LogP contribution >= 0.6 is 11.3 Å². The van der Waals surface area contributed by atoms with Crippen LogP contribution in [0.5, 0.6) is 0 Å². The largest absolute Gasteiger partial charge is 0.159 e. The summed E-state index contributed by atoms with van der Waals surface area (Å²) in [5, 5.41) is 2.22.